The van der Waals surface area contributed by atoms with Crippen molar-refractivity contribution in [2.24, 2.45) is 0 Å². The van der Waals surface area contributed by atoms with Crippen molar-refractivity contribution in [3.63, 3.8) is 0 Å². The second-order valence-corrected chi connectivity index (χ2v) is 14.2. The quantitative estimate of drug-likeness (QED) is 0.360. The number of rotatable bonds is 3. The van der Waals surface area contributed by atoms with Gasteiger partial charge in [-0.05, 0) is 53.8 Å². The molecule has 2 aromatic carbocycles. The molecule has 2 nitrogen and oxygen atoms in total. The lowest BCUT2D eigenvalue weighted by Gasteiger charge is -2.17. The number of hydrogen-bond donors (Lipinski definition) is 0. The van der Waals surface area contributed by atoms with Gasteiger partial charge in [-0.3, -0.25) is 4.98 Å². The van der Waals surface area contributed by atoms with Crippen LogP contribution in [0.5, 0.6) is 0 Å². The third-order valence-electron chi connectivity index (χ3n) is 6.22. The largest absolute Gasteiger partial charge is 0.455 e. The summed E-state index contributed by atoms with van der Waals surface area (Å²) in [6.07, 6.45) is 7.27. The van der Waals surface area contributed by atoms with Crippen molar-refractivity contribution in [3.05, 3.63) is 60.3 Å². The van der Waals surface area contributed by atoms with Crippen LogP contribution < -0.4 is 5.19 Å². The molecule has 0 N–H and O–H groups in total. The first-order valence-corrected chi connectivity index (χ1v) is 13.9. The van der Waals surface area contributed by atoms with Gasteiger partial charge in [0.1, 0.15) is 11.2 Å². The summed E-state index contributed by atoms with van der Waals surface area (Å²) in [6.45, 7) is 7.20. The van der Waals surface area contributed by atoms with Crippen LogP contribution >= 0.6 is 0 Å². The third kappa shape index (κ3) is 2.89. The minimum Gasteiger partial charge on any atom is -0.455 e. The molecule has 2 heterocycles. The molecular formula is C25H27NOSi. The van der Waals surface area contributed by atoms with E-state index in [0.717, 1.165) is 22.4 Å². The van der Waals surface area contributed by atoms with E-state index >= 15 is 0 Å². The van der Waals surface area contributed by atoms with Gasteiger partial charge in [0.25, 0.3) is 0 Å². The fraction of sp³-hybridized carbons (Fsp3) is 0.320. The number of benzene rings is 2. The highest BCUT2D eigenvalue weighted by atomic mass is 28.3. The second kappa shape index (κ2) is 6.59. The number of furan rings is 1. The van der Waals surface area contributed by atoms with Gasteiger partial charge in [0, 0.05) is 22.5 Å². The van der Waals surface area contributed by atoms with E-state index in [9.17, 15) is 0 Å². The van der Waals surface area contributed by atoms with Crippen molar-refractivity contribution >= 4 is 35.2 Å². The predicted molar refractivity (Wildman–Crippen MR) is 121 cm³/mol. The van der Waals surface area contributed by atoms with Crippen LogP contribution in [0.1, 0.15) is 37.2 Å². The molecule has 142 valence electrons. The van der Waals surface area contributed by atoms with Crippen LogP contribution in [0.4, 0.5) is 0 Å². The van der Waals surface area contributed by atoms with Crippen molar-refractivity contribution in [1.29, 1.82) is 0 Å². The Morgan fingerprint density at radius 1 is 0.964 bits per heavy atom. The van der Waals surface area contributed by atoms with E-state index in [1.54, 1.807) is 0 Å². The van der Waals surface area contributed by atoms with Gasteiger partial charge in [-0.1, -0.05) is 56.7 Å². The smallest absolute Gasteiger partial charge is 0.144 e. The number of aromatic nitrogens is 1. The SMILES string of the molecule is C[Si](C)(C)c1cccc2oc3c(-c4cc(C5CCCC5)ccn4)cccc3c12. The van der Waals surface area contributed by atoms with Crippen LogP contribution in [0, 0.1) is 0 Å². The highest BCUT2D eigenvalue weighted by Crippen LogP contribution is 2.38. The van der Waals surface area contributed by atoms with E-state index in [0.29, 0.717) is 5.92 Å². The maximum Gasteiger partial charge on any atom is 0.144 e. The van der Waals surface area contributed by atoms with E-state index in [4.69, 9.17) is 9.40 Å². The van der Waals surface area contributed by atoms with E-state index in [1.165, 1.54) is 47.2 Å². The number of fused-ring (bicyclic) bond motifs is 3. The zero-order chi connectivity index (χ0) is 19.3. The lowest BCUT2D eigenvalue weighted by atomic mass is 9.96. The minimum absolute atomic E-state index is 0.690. The fourth-order valence-corrected chi connectivity index (χ4v) is 6.39. The molecule has 0 amide bonds. The first kappa shape index (κ1) is 17.7. The summed E-state index contributed by atoms with van der Waals surface area (Å²) in [6, 6.07) is 17.5. The van der Waals surface area contributed by atoms with Crippen LogP contribution in [0.2, 0.25) is 19.6 Å². The molecule has 5 rings (SSSR count). The lowest BCUT2D eigenvalue weighted by Crippen LogP contribution is -2.37. The molecular weight excluding hydrogens is 358 g/mol. The van der Waals surface area contributed by atoms with Gasteiger partial charge in [-0.2, -0.15) is 0 Å². The van der Waals surface area contributed by atoms with Crippen LogP contribution in [0.3, 0.4) is 0 Å². The molecule has 0 bridgehead atoms. The van der Waals surface area contributed by atoms with Gasteiger partial charge in [0.15, 0.2) is 0 Å². The molecule has 0 unspecified atom stereocenters. The summed E-state index contributed by atoms with van der Waals surface area (Å²) in [7, 11) is -1.48. The monoisotopic (exact) mass is 385 g/mol. The number of para-hydroxylation sites is 1. The zero-order valence-electron chi connectivity index (χ0n) is 17.0. The summed E-state index contributed by atoms with van der Waals surface area (Å²) in [5.41, 5.74) is 5.53. The molecule has 2 aromatic heterocycles. The fourth-order valence-electron chi connectivity index (χ4n) is 4.78. The maximum absolute atomic E-state index is 6.42. The Kier molecular flexibility index (Phi) is 4.16. The standard InChI is InChI=1S/C25H27NOSi/c1-28(2,3)23-13-7-12-22-24(23)20-11-6-10-19(25(20)27-22)21-16-18(14-15-26-21)17-8-4-5-9-17/h6-7,10-17H,4-5,8-9H2,1-3H3. The van der Waals surface area contributed by atoms with Gasteiger partial charge in [-0.25, -0.2) is 0 Å². The molecule has 0 saturated heterocycles. The molecule has 1 aliphatic rings. The molecule has 4 aromatic rings. The van der Waals surface area contributed by atoms with E-state index in [1.807, 2.05) is 6.20 Å². The first-order valence-electron chi connectivity index (χ1n) is 10.4. The molecule has 28 heavy (non-hydrogen) atoms. The summed E-state index contributed by atoms with van der Waals surface area (Å²) >= 11 is 0. The molecule has 1 fully saturated rings. The van der Waals surface area contributed by atoms with Crippen molar-refractivity contribution in [2.45, 2.75) is 51.2 Å². The summed E-state index contributed by atoms with van der Waals surface area (Å²) in [5, 5.41) is 3.98. The normalized spacial score (nSPS) is 15.7. The zero-order valence-corrected chi connectivity index (χ0v) is 18.0. The van der Waals surface area contributed by atoms with E-state index < -0.39 is 8.07 Å². The first-order chi connectivity index (χ1) is 13.5. The highest BCUT2D eigenvalue weighted by molar-refractivity contribution is 6.90. The second-order valence-electron chi connectivity index (χ2n) is 9.17. The maximum atomic E-state index is 6.42. The Hall–Kier alpha value is -2.39. The topological polar surface area (TPSA) is 26.0 Å². The van der Waals surface area contributed by atoms with Crippen LogP contribution in [-0.4, -0.2) is 13.1 Å². The van der Waals surface area contributed by atoms with Crippen molar-refractivity contribution in [3.8, 4) is 11.3 Å². The predicted octanol–water partition coefficient (Wildman–Crippen LogP) is 6.85. The Balaban J connectivity index is 1.73. The Morgan fingerprint density at radius 2 is 1.75 bits per heavy atom. The number of pyridine rings is 1. The van der Waals surface area contributed by atoms with Gasteiger partial charge >= 0.3 is 0 Å². The van der Waals surface area contributed by atoms with Gasteiger partial charge in [0.2, 0.25) is 0 Å². The average Bonchev–Trinajstić information content (AvgIpc) is 3.34. The van der Waals surface area contributed by atoms with E-state index in [-0.39, 0.29) is 0 Å². The Morgan fingerprint density at radius 3 is 2.54 bits per heavy atom. The van der Waals surface area contributed by atoms with Crippen LogP contribution in [0.15, 0.2) is 59.1 Å². The van der Waals surface area contributed by atoms with Crippen molar-refractivity contribution in [2.75, 3.05) is 0 Å². The number of nitrogens with zero attached hydrogens (tertiary/aromatic N) is 1. The summed E-state index contributed by atoms with van der Waals surface area (Å²) in [5.74, 6) is 0.690. The molecule has 3 heteroatoms. The van der Waals surface area contributed by atoms with Gasteiger partial charge in [0.05, 0.1) is 13.8 Å². The minimum atomic E-state index is -1.48. The third-order valence-corrected chi connectivity index (χ3v) is 8.25. The van der Waals surface area contributed by atoms with Crippen molar-refractivity contribution < 1.29 is 4.42 Å². The molecule has 1 aliphatic carbocycles. The van der Waals surface area contributed by atoms with Gasteiger partial charge in [-0.15, -0.1) is 0 Å². The molecule has 1 saturated carbocycles. The van der Waals surface area contributed by atoms with Crippen LogP contribution in [0.25, 0.3) is 33.2 Å². The van der Waals surface area contributed by atoms with E-state index in [2.05, 4.69) is 68.2 Å². The lowest BCUT2D eigenvalue weighted by molar-refractivity contribution is 0.670. The van der Waals surface area contributed by atoms with Gasteiger partial charge < -0.3 is 4.42 Å². The Labute approximate surface area is 167 Å². The number of hydrogen-bond acceptors (Lipinski definition) is 2. The highest BCUT2D eigenvalue weighted by Gasteiger charge is 2.24. The molecule has 0 aliphatic heterocycles. The van der Waals surface area contributed by atoms with Crippen LogP contribution in [-0.2, 0) is 0 Å². The Bertz CT molecular complexity index is 1160. The molecule has 0 spiro atoms. The summed E-state index contributed by atoms with van der Waals surface area (Å²) < 4.78 is 6.42. The molecule has 0 radical (unpaired) electrons. The average molecular weight is 386 g/mol. The summed E-state index contributed by atoms with van der Waals surface area (Å²) in [4.78, 5) is 4.72. The van der Waals surface area contributed by atoms with Crippen molar-refractivity contribution in [1.82, 2.24) is 4.98 Å². The molecule has 0 atom stereocenters.